The largest absolute Gasteiger partial charge is 0.372 e. The van der Waals surface area contributed by atoms with E-state index in [9.17, 15) is 0 Å². The van der Waals surface area contributed by atoms with Crippen LogP contribution in [0.5, 0.6) is 0 Å². The maximum atomic E-state index is 6.12. The monoisotopic (exact) mass is 252 g/mol. The van der Waals surface area contributed by atoms with E-state index in [1.54, 1.807) is 0 Å². The average molecular weight is 252 g/mol. The van der Waals surface area contributed by atoms with Crippen LogP contribution in [-0.4, -0.2) is 49.8 Å². The zero-order chi connectivity index (χ0) is 12.8. The van der Waals surface area contributed by atoms with Crippen molar-refractivity contribution in [1.29, 1.82) is 0 Å². The predicted octanol–water partition coefficient (Wildman–Crippen LogP) is 2.04. The lowest BCUT2D eigenvalue weighted by Gasteiger charge is -2.26. The Balaban J connectivity index is 1.60. The minimum absolute atomic E-state index is 0.439. The summed E-state index contributed by atoms with van der Waals surface area (Å²) in [6.45, 7) is 10.0. The van der Waals surface area contributed by atoms with Crippen molar-refractivity contribution < 1.29 is 4.74 Å². The van der Waals surface area contributed by atoms with Crippen LogP contribution in [0.1, 0.15) is 33.1 Å². The van der Waals surface area contributed by atoms with Crippen LogP contribution in [0.3, 0.4) is 0 Å². The van der Waals surface area contributed by atoms with Gasteiger partial charge in [-0.25, -0.2) is 0 Å². The van der Waals surface area contributed by atoms with Gasteiger partial charge in [0, 0.05) is 26.2 Å². The predicted molar refractivity (Wildman–Crippen MR) is 75.8 cm³/mol. The molecule has 2 rings (SSSR count). The van der Waals surface area contributed by atoms with E-state index in [0.29, 0.717) is 12.2 Å². The quantitative estimate of drug-likeness (QED) is 0.732. The van der Waals surface area contributed by atoms with Crippen molar-refractivity contribution in [2.45, 2.75) is 45.3 Å². The summed E-state index contributed by atoms with van der Waals surface area (Å²) in [6, 6.07) is 0. The summed E-state index contributed by atoms with van der Waals surface area (Å²) in [5, 5.41) is 3.50. The molecule has 0 saturated carbocycles. The SMILES string of the molecule is CC(C)CNCC1CCC(CN2CC=CCC2)O1. The Kier molecular flexibility index (Phi) is 5.67. The van der Waals surface area contributed by atoms with Gasteiger partial charge < -0.3 is 10.1 Å². The van der Waals surface area contributed by atoms with Gasteiger partial charge in [-0.3, -0.25) is 4.90 Å². The molecule has 3 heteroatoms. The Hall–Kier alpha value is -0.380. The van der Waals surface area contributed by atoms with Gasteiger partial charge in [-0.15, -0.1) is 0 Å². The van der Waals surface area contributed by atoms with Crippen molar-refractivity contribution in [1.82, 2.24) is 10.2 Å². The van der Waals surface area contributed by atoms with E-state index in [1.165, 1.54) is 25.8 Å². The summed E-state index contributed by atoms with van der Waals surface area (Å²) in [6.07, 6.45) is 9.11. The fourth-order valence-corrected chi connectivity index (χ4v) is 2.74. The Morgan fingerprint density at radius 1 is 1.28 bits per heavy atom. The van der Waals surface area contributed by atoms with E-state index >= 15 is 0 Å². The number of nitrogens with zero attached hydrogens (tertiary/aromatic N) is 1. The van der Waals surface area contributed by atoms with Crippen molar-refractivity contribution in [3.05, 3.63) is 12.2 Å². The molecule has 3 nitrogen and oxygen atoms in total. The second kappa shape index (κ2) is 7.27. The summed E-state index contributed by atoms with van der Waals surface area (Å²) >= 11 is 0. The van der Waals surface area contributed by atoms with Crippen LogP contribution in [0.25, 0.3) is 0 Å². The van der Waals surface area contributed by atoms with Crippen molar-refractivity contribution in [3.63, 3.8) is 0 Å². The maximum Gasteiger partial charge on any atom is 0.0707 e. The highest BCUT2D eigenvalue weighted by Crippen LogP contribution is 2.20. The molecule has 0 aromatic heterocycles. The normalized spacial score (nSPS) is 29.3. The Labute approximate surface area is 112 Å². The molecule has 0 aromatic carbocycles. The summed E-state index contributed by atoms with van der Waals surface area (Å²) in [5.74, 6) is 0.724. The van der Waals surface area contributed by atoms with Gasteiger partial charge in [-0.05, 0) is 31.7 Å². The number of ether oxygens (including phenoxy) is 1. The molecule has 2 aliphatic heterocycles. The standard InChI is InChI=1S/C15H28N2O/c1-13(2)10-16-11-14-6-7-15(18-14)12-17-8-4-3-5-9-17/h3-4,13-16H,5-12H2,1-2H3. The van der Waals surface area contributed by atoms with Gasteiger partial charge in [0.2, 0.25) is 0 Å². The Morgan fingerprint density at radius 3 is 2.83 bits per heavy atom. The molecule has 1 N–H and O–H groups in total. The Morgan fingerprint density at radius 2 is 2.11 bits per heavy atom. The summed E-state index contributed by atoms with van der Waals surface area (Å²) < 4.78 is 6.12. The van der Waals surface area contributed by atoms with E-state index in [4.69, 9.17) is 4.74 Å². The van der Waals surface area contributed by atoms with Gasteiger partial charge in [0.25, 0.3) is 0 Å². The highest BCUT2D eigenvalue weighted by atomic mass is 16.5. The highest BCUT2D eigenvalue weighted by Gasteiger charge is 2.26. The zero-order valence-corrected chi connectivity index (χ0v) is 11.9. The molecule has 2 heterocycles. The molecule has 2 aliphatic rings. The number of hydrogen-bond acceptors (Lipinski definition) is 3. The second-order valence-corrected chi connectivity index (χ2v) is 6.03. The molecule has 0 spiro atoms. The number of rotatable bonds is 6. The molecule has 0 aliphatic carbocycles. The van der Waals surface area contributed by atoms with E-state index < -0.39 is 0 Å². The third-order valence-electron chi connectivity index (χ3n) is 3.72. The van der Waals surface area contributed by atoms with Crippen molar-refractivity contribution in [3.8, 4) is 0 Å². The van der Waals surface area contributed by atoms with Crippen LogP contribution in [0.4, 0.5) is 0 Å². The molecule has 2 atom stereocenters. The van der Waals surface area contributed by atoms with Gasteiger partial charge in [0.15, 0.2) is 0 Å². The lowest BCUT2D eigenvalue weighted by Crippen LogP contribution is -2.36. The number of hydrogen-bond donors (Lipinski definition) is 1. The van der Waals surface area contributed by atoms with Crippen LogP contribution in [-0.2, 0) is 4.74 Å². The number of nitrogens with one attached hydrogen (secondary N) is 1. The average Bonchev–Trinajstić information content (AvgIpc) is 2.78. The molecule has 2 unspecified atom stereocenters. The first-order valence-corrected chi connectivity index (χ1v) is 7.47. The van der Waals surface area contributed by atoms with Crippen molar-refractivity contribution in [2.24, 2.45) is 5.92 Å². The van der Waals surface area contributed by atoms with Gasteiger partial charge in [-0.2, -0.15) is 0 Å². The van der Waals surface area contributed by atoms with Crippen LogP contribution in [0.2, 0.25) is 0 Å². The first kappa shape index (κ1) is 14.0. The van der Waals surface area contributed by atoms with Crippen LogP contribution >= 0.6 is 0 Å². The molecule has 0 bridgehead atoms. The molecule has 1 fully saturated rings. The molecule has 1 saturated heterocycles. The molecule has 18 heavy (non-hydrogen) atoms. The fourth-order valence-electron chi connectivity index (χ4n) is 2.74. The zero-order valence-electron chi connectivity index (χ0n) is 11.9. The minimum atomic E-state index is 0.439. The van der Waals surface area contributed by atoms with Gasteiger partial charge >= 0.3 is 0 Å². The summed E-state index contributed by atoms with van der Waals surface area (Å²) in [4.78, 5) is 2.51. The molecule has 0 amide bonds. The van der Waals surface area contributed by atoms with Gasteiger partial charge in [0.05, 0.1) is 12.2 Å². The smallest absolute Gasteiger partial charge is 0.0707 e. The fraction of sp³-hybridized carbons (Fsp3) is 0.867. The first-order valence-electron chi connectivity index (χ1n) is 7.47. The van der Waals surface area contributed by atoms with Crippen molar-refractivity contribution in [2.75, 3.05) is 32.7 Å². The summed E-state index contributed by atoms with van der Waals surface area (Å²) in [5.41, 5.74) is 0. The van der Waals surface area contributed by atoms with E-state index in [0.717, 1.165) is 32.1 Å². The van der Waals surface area contributed by atoms with Gasteiger partial charge in [0.1, 0.15) is 0 Å². The van der Waals surface area contributed by atoms with Crippen LogP contribution in [0.15, 0.2) is 12.2 Å². The third-order valence-corrected chi connectivity index (χ3v) is 3.72. The maximum absolute atomic E-state index is 6.12. The molecular weight excluding hydrogens is 224 g/mol. The van der Waals surface area contributed by atoms with Gasteiger partial charge in [-0.1, -0.05) is 26.0 Å². The molecular formula is C15H28N2O. The molecule has 104 valence electrons. The van der Waals surface area contributed by atoms with E-state index in [2.05, 4.69) is 36.2 Å². The second-order valence-electron chi connectivity index (χ2n) is 6.03. The molecule has 0 radical (unpaired) electrons. The van der Waals surface area contributed by atoms with Crippen LogP contribution < -0.4 is 5.32 Å². The Bertz CT molecular complexity index is 265. The minimum Gasteiger partial charge on any atom is -0.372 e. The third kappa shape index (κ3) is 4.71. The topological polar surface area (TPSA) is 24.5 Å². The highest BCUT2D eigenvalue weighted by molar-refractivity contribution is 4.92. The van der Waals surface area contributed by atoms with Crippen LogP contribution in [0, 0.1) is 5.92 Å². The first-order chi connectivity index (χ1) is 8.74. The van der Waals surface area contributed by atoms with E-state index in [-0.39, 0.29) is 0 Å². The lowest BCUT2D eigenvalue weighted by molar-refractivity contribution is 0.0249. The summed E-state index contributed by atoms with van der Waals surface area (Å²) in [7, 11) is 0. The lowest BCUT2D eigenvalue weighted by atomic mass is 10.1. The molecule has 0 aromatic rings. The van der Waals surface area contributed by atoms with Crippen molar-refractivity contribution >= 4 is 0 Å². The van der Waals surface area contributed by atoms with E-state index in [1.807, 2.05) is 0 Å².